The van der Waals surface area contributed by atoms with Crippen LogP contribution in [-0.2, 0) is 0 Å². The molecule has 1 heterocycles. The molecule has 3 rings (SSSR count). The molecule has 5 heteroatoms. The number of aliphatic imine (C=N–C) groups is 1. The van der Waals surface area contributed by atoms with Crippen LogP contribution in [0.4, 0.5) is 11.4 Å². The normalized spacial score (nSPS) is 19.3. The first-order chi connectivity index (χ1) is 11.7. The average Bonchev–Trinajstić information content (AvgIpc) is 2.54. The van der Waals surface area contributed by atoms with E-state index in [4.69, 9.17) is 34.8 Å². The molecule has 0 bridgehead atoms. The van der Waals surface area contributed by atoms with Gasteiger partial charge in [-0.15, -0.1) is 0 Å². The summed E-state index contributed by atoms with van der Waals surface area (Å²) in [6, 6.07) is 9.51. The van der Waals surface area contributed by atoms with Crippen molar-refractivity contribution in [1.82, 2.24) is 0 Å². The van der Waals surface area contributed by atoms with Crippen LogP contribution in [0, 0.1) is 0 Å². The summed E-state index contributed by atoms with van der Waals surface area (Å²) in [6.07, 6.45) is 2.89. The van der Waals surface area contributed by atoms with Crippen LogP contribution in [-0.4, -0.2) is 18.8 Å². The van der Waals surface area contributed by atoms with Gasteiger partial charge < -0.3 is 4.90 Å². The Morgan fingerprint density at radius 2 is 1.80 bits per heavy atom. The highest BCUT2D eigenvalue weighted by atomic mass is 35.5. The number of halogens is 3. The number of anilines is 1. The Morgan fingerprint density at radius 3 is 2.48 bits per heavy atom. The summed E-state index contributed by atoms with van der Waals surface area (Å²) in [7, 11) is 2.13. The van der Waals surface area contributed by atoms with Crippen molar-refractivity contribution in [3.8, 4) is 0 Å². The van der Waals surface area contributed by atoms with E-state index in [2.05, 4.69) is 43.8 Å². The largest absolute Gasteiger partial charge is 0.369 e. The standard InChI is InChI=1S/C20H21Cl3N2/c1-12-10-20(2,3)25(4)19-9-17(22)13(7-15(12)19)11-24-14-5-6-16(21)18(23)8-14/h5-9,11-12H,10H2,1-4H3. The zero-order chi connectivity index (χ0) is 18.4. The minimum Gasteiger partial charge on any atom is -0.369 e. The molecule has 0 amide bonds. The smallest absolute Gasteiger partial charge is 0.0645 e. The van der Waals surface area contributed by atoms with E-state index in [1.165, 1.54) is 11.3 Å². The van der Waals surface area contributed by atoms with Crippen molar-refractivity contribution in [3.63, 3.8) is 0 Å². The fourth-order valence-corrected chi connectivity index (χ4v) is 3.91. The molecule has 0 radical (unpaired) electrons. The SMILES string of the molecule is CC1CC(C)(C)N(C)c2cc(Cl)c(C=Nc3ccc(Cl)c(Cl)c3)cc21. The molecule has 25 heavy (non-hydrogen) atoms. The second-order valence-corrected chi connectivity index (χ2v) is 8.49. The molecule has 1 aliphatic rings. The van der Waals surface area contributed by atoms with E-state index < -0.39 is 0 Å². The van der Waals surface area contributed by atoms with Gasteiger partial charge in [0.15, 0.2) is 0 Å². The molecule has 132 valence electrons. The predicted octanol–water partition coefficient (Wildman–Crippen LogP) is 7.12. The summed E-state index contributed by atoms with van der Waals surface area (Å²) in [5.41, 5.74) is 4.27. The Hall–Kier alpha value is -1.22. The van der Waals surface area contributed by atoms with Crippen LogP contribution in [0.3, 0.4) is 0 Å². The Labute approximate surface area is 164 Å². The van der Waals surface area contributed by atoms with Gasteiger partial charge in [0.2, 0.25) is 0 Å². The van der Waals surface area contributed by atoms with E-state index in [1.54, 1.807) is 18.3 Å². The highest BCUT2D eigenvalue weighted by Gasteiger charge is 2.34. The second-order valence-electron chi connectivity index (χ2n) is 7.27. The van der Waals surface area contributed by atoms with Crippen LogP contribution < -0.4 is 4.90 Å². The number of hydrogen-bond acceptors (Lipinski definition) is 2. The molecule has 0 fully saturated rings. The third kappa shape index (κ3) is 3.67. The van der Waals surface area contributed by atoms with Gasteiger partial charge in [-0.05, 0) is 62.1 Å². The fraction of sp³-hybridized carbons (Fsp3) is 0.350. The molecule has 0 saturated heterocycles. The summed E-state index contributed by atoms with van der Waals surface area (Å²) < 4.78 is 0. The lowest BCUT2D eigenvalue weighted by Gasteiger charge is -2.45. The van der Waals surface area contributed by atoms with Crippen molar-refractivity contribution >= 4 is 52.4 Å². The molecular weight excluding hydrogens is 375 g/mol. The number of hydrogen-bond donors (Lipinski definition) is 0. The molecular formula is C20H21Cl3N2. The number of fused-ring (bicyclic) bond motifs is 1. The summed E-state index contributed by atoms with van der Waals surface area (Å²) in [5.74, 6) is 0.468. The Bertz CT molecular complexity index is 843. The zero-order valence-corrected chi connectivity index (χ0v) is 17.0. The quantitative estimate of drug-likeness (QED) is 0.494. The van der Waals surface area contributed by atoms with Crippen LogP contribution in [0.5, 0.6) is 0 Å². The van der Waals surface area contributed by atoms with Crippen molar-refractivity contribution < 1.29 is 0 Å². The maximum atomic E-state index is 6.52. The van der Waals surface area contributed by atoms with Gasteiger partial charge in [-0.3, -0.25) is 4.99 Å². The molecule has 2 nitrogen and oxygen atoms in total. The second kappa shape index (κ2) is 6.83. The van der Waals surface area contributed by atoms with Crippen molar-refractivity contribution in [2.24, 2.45) is 4.99 Å². The third-order valence-electron chi connectivity index (χ3n) is 5.01. The van der Waals surface area contributed by atoms with Crippen LogP contribution >= 0.6 is 34.8 Å². The minimum absolute atomic E-state index is 0.116. The Balaban J connectivity index is 1.98. The van der Waals surface area contributed by atoms with Gasteiger partial charge in [-0.2, -0.15) is 0 Å². The zero-order valence-electron chi connectivity index (χ0n) is 14.8. The van der Waals surface area contributed by atoms with Crippen molar-refractivity contribution in [2.45, 2.75) is 38.6 Å². The highest BCUT2D eigenvalue weighted by molar-refractivity contribution is 6.42. The van der Waals surface area contributed by atoms with Crippen LogP contribution in [0.2, 0.25) is 15.1 Å². The number of benzene rings is 2. The van der Waals surface area contributed by atoms with Crippen LogP contribution in [0.25, 0.3) is 0 Å². The summed E-state index contributed by atoms with van der Waals surface area (Å²) in [4.78, 5) is 6.81. The monoisotopic (exact) mass is 394 g/mol. The summed E-state index contributed by atoms with van der Waals surface area (Å²) in [6.45, 7) is 6.79. The molecule has 1 unspecified atom stereocenters. The van der Waals surface area contributed by atoms with E-state index in [1.807, 2.05) is 12.1 Å². The predicted molar refractivity (Wildman–Crippen MR) is 111 cm³/mol. The van der Waals surface area contributed by atoms with Gasteiger partial charge in [0, 0.05) is 30.1 Å². The maximum Gasteiger partial charge on any atom is 0.0645 e. The van der Waals surface area contributed by atoms with Gasteiger partial charge in [0.25, 0.3) is 0 Å². The molecule has 0 aliphatic carbocycles. The molecule has 1 aliphatic heterocycles. The lowest BCUT2D eigenvalue weighted by atomic mass is 9.80. The van der Waals surface area contributed by atoms with E-state index in [9.17, 15) is 0 Å². The first kappa shape index (κ1) is 18.6. The lowest BCUT2D eigenvalue weighted by molar-refractivity contribution is 0.395. The minimum atomic E-state index is 0.116. The molecule has 2 aromatic carbocycles. The average molecular weight is 396 g/mol. The highest BCUT2D eigenvalue weighted by Crippen LogP contribution is 2.44. The number of nitrogens with zero attached hydrogens (tertiary/aromatic N) is 2. The van der Waals surface area contributed by atoms with E-state index in [0.29, 0.717) is 21.0 Å². The fourth-order valence-electron chi connectivity index (χ4n) is 3.41. The lowest BCUT2D eigenvalue weighted by Crippen LogP contribution is -2.45. The van der Waals surface area contributed by atoms with E-state index >= 15 is 0 Å². The van der Waals surface area contributed by atoms with Gasteiger partial charge in [-0.25, -0.2) is 0 Å². The first-order valence-electron chi connectivity index (χ1n) is 8.25. The molecule has 0 spiro atoms. The van der Waals surface area contributed by atoms with Crippen LogP contribution in [0.1, 0.15) is 44.2 Å². The van der Waals surface area contributed by atoms with Crippen LogP contribution in [0.15, 0.2) is 35.3 Å². The maximum absolute atomic E-state index is 6.52. The molecule has 0 saturated carbocycles. The third-order valence-corrected chi connectivity index (χ3v) is 6.07. The van der Waals surface area contributed by atoms with E-state index in [0.717, 1.165) is 17.7 Å². The molecule has 2 aromatic rings. The molecule has 0 N–H and O–H groups in total. The topological polar surface area (TPSA) is 15.6 Å². The van der Waals surface area contributed by atoms with Gasteiger partial charge >= 0.3 is 0 Å². The van der Waals surface area contributed by atoms with Crippen molar-refractivity contribution in [2.75, 3.05) is 11.9 Å². The first-order valence-corrected chi connectivity index (χ1v) is 9.39. The Kier molecular flexibility index (Phi) is 5.07. The van der Waals surface area contributed by atoms with Gasteiger partial charge in [-0.1, -0.05) is 41.7 Å². The van der Waals surface area contributed by atoms with Gasteiger partial charge in [0.1, 0.15) is 0 Å². The molecule has 1 atom stereocenters. The Morgan fingerprint density at radius 1 is 1.08 bits per heavy atom. The molecule has 0 aromatic heterocycles. The van der Waals surface area contributed by atoms with E-state index in [-0.39, 0.29) is 5.54 Å². The number of rotatable bonds is 2. The summed E-state index contributed by atoms with van der Waals surface area (Å²) in [5, 5.41) is 1.71. The summed E-state index contributed by atoms with van der Waals surface area (Å²) >= 11 is 18.5. The van der Waals surface area contributed by atoms with Crippen molar-refractivity contribution in [3.05, 3.63) is 56.5 Å². The van der Waals surface area contributed by atoms with Crippen molar-refractivity contribution in [1.29, 1.82) is 0 Å². The van der Waals surface area contributed by atoms with Gasteiger partial charge in [0.05, 0.1) is 20.8 Å².